The summed E-state index contributed by atoms with van der Waals surface area (Å²) in [5, 5.41) is 0. The Hall–Kier alpha value is -1.10. The number of ether oxygens (including phenoxy) is 2. The van der Waals surface area contributed by atoms with E-state index in [1.165, 1.54) is 11.3 Å². The first kappa shape index (κ1) is 14.8. The summed E-state index contributed by atoms with van der Waals surface area (Å²) in [6, 6.07) is 8.80. The van der Waals surface area contributed by atoms with Crippen molar-refractivity contribution in [2.75, 3.05) is 50.8 Å². The normalized spacial score (nSPS) is 21.7. The lowest BCUT2D eigenvalue weighted by atomic mass is 10.2. The molecule has 2 fully saturated rings. The largest absolute Gasteiger partial charge is 0.369 e. The summed E-state index contributed by atoms with van der Waals surface area (Å²) in [5.41, 5.74) is 2.69. The molecule has 0 amide bonds. The van der Waals surface area contributed by atoms with Gasteiger partial charge in [0.25, 0.3) is 0 Å². The fraction of sp³-hybridized carbons (Fsp3) is 0.647. The fourth-order valence-electron chi connectivity index (χ4n) is 3.05. The van der Waals surface area contributed by atoms with Crippen molar-refractivity contribution in [3.05, 3.63) is 29.8 Å². The minimum Gasteiger partial charge on any atom is -0.369 e. The Bertz CT molecular complexity index is 438. The van der Waals surface area contributed by atoms with Crippen molar-refractivity contribution in [3.8, 4) is 0 Å². The van der Waals surface area contributed by atoms with Crippen LogP contribution >= 0.6 is 0 Å². The van der Waals surface area contributed by atoms with E-state index >= 15 is 0 Å². The van der Waals surface area contributed by atoms with Gasteiger partial charge in [-0.2, -0.15) is 0 Å². The van der Waals surface area contributed by atoms with E-state index in [-0.39, 0.29) is 6.29 Å². The van der Waals surface area contributed by atoms with Gasteiger partial charge in [-0.05, 0) is 31.0 Å². The third-order valence-corrected chi connectivity index (χ3v) is 4.32. The molecule has 0 radical (unpaired) electrons. The third kappa shape index (κ3) is 4.19. The molecule has 1 aromatic rings. The highest BCUT2D eigenvalue weighted by molar-refractivity contribution is 5.48. The SMILES string of the molecule is Cc1cccc(N2CCN(CCC3OCCCO3)CC2)c1. The first-order valence-electron chi connectivity index (χ1n) is 8.08. The van der Waals surface area contributed by atoms with E-state index in [2.05, 4.69) is 41.0 Å². The second-order valence-electron chi connectivity index (χ2n) is 5.98. The van der Waals surface area contributed by atoms with Crippen molar-refractivity contribution in [2.24, 2.45) is 0 Å². The van der Waals surface area contributed by atoms with Crippen molar-refractivity contribution >= 4 is 5.69 Å². The molecular formula is C17H26N2O2. The predicted molar refractivity (Wildman–Crippen MR) is 84.8 cm³/mol. The number of anilines is 1. The van der Waals surface area contributed by atoms with E-state index in [0.29, 0.717) is 0 Å². The molecule has 2 aliphatic rings. The number of piperazine rings is 1. The van der Waals surface area contributed by atoms with Crippen LogP contribution in [0.5, 0.6) is 0 Å². The Morgan fingerprint density at radius 2 is 1.86 bits per heavy atom. The van der Waals surface area contributed by atoms with Gasteiger partial charge in [-0.3, -0.25) is 4.90 Å². The predicted octanol–water partition coefficient (Wildman–Crippen LogP) is 2.27. The first-order valence-corrected chi connectivity index (χ1v) is 8.08. The second-order valence-corrected chi connectivity index (χ2v) is 5.98. The maximum Gasteiger partial charge on any atom is 0.158 e. The number of nitrogens with zero attached hydrogens (tertiary/aromatic N) is 2. The minimum atomic E-state index is 0.0218. The van der Waals surface area contributed by atoms with Crippen LogP contribution in [0.15, 0.2) is 24.3 Å². The maximum atomic E-state index is 5.61. The summed E-state index contributed by atoms with van der Waals surface area (Å²) in [7, 11) is 0. The molecule has 0 unspecified atom stereocenters. The average molecular weight is 290 g/mol. The maximum absolute atomic E-state index is 5.61. The van der Waals surface area contributed by atoms with Crippen LogP contribution in [0.2, 0.25) is 0 Å². The summed E-state index contributed by atoms with van der Waals surface area (Å²) < 4.78 is 11.2. The lowest BCUT2D eigenvalue weighted by Crippen LogP contribution is -2.47. The monoisotopic (exact) mass is 290 g/mol. The Balaban J connectivity index is 1.42. The van der Waals surface area contributed by atoms with E-state index in [9.17, 15) is 0 Å². The van der Waals surface area contributed by atoms with Crippen LogP contribution in [0, 0.1) is 6.92 Å². The van der Waals surface area contributed by atoms with Crippen molar-refractivity contribution in [2.45, 2.75) is 26.1 Å². The molecule has 2 aliphatic heterocycles. The standard InChI is InChI=1S/C17H26N2O2/c1-15-4-2-5-16(14-15)19-10-8-18(9-11-19)7-6-17-20-12-3-13-21-17/h2,4-5,14,17H,3,6-13H2,1H3. The molecule has 4 nitrogen and oxygen atoms in total. The van der Waals surface area contributed by atoms with Crippen LogP contribution < -0.4 is 4.90 Å². The van der Waals surface area contributed by atoms with Crippen molar-refractivity contribution < 1.29 is 9.47 Å². The van der Waals surface area contributed by atoms with E-state index in [1.807, 2.05) is 0 Å². The van der Waals surface area contributed by atoms with Crippen LogP contribution in [-0.2, 0) is 9.47 Å². The molecular weight excluding hydrogens is 264 g/mol. The molecule has 0 aliphatic carbocycles. The Kier molecular flexibility index (Phi) is 5.12. The van der Waals surface area contributed by atoms with E-state index in [1.54, 1.807) is 0 Å². The van der Waals surface area contributed by atoms with E-state index in [4.69, 9.17) is 9.47 Å². The van der Waals surface area contributed by atoms with Gasteiger partial charge in [0.05, 0.1) is 13.2 Å². The zero-order chi connectivity index (χ0) is 14.5. The average Bonchev–Trinajstić information content (AvgIpc) is 2.54. The van der Waals surface area contributed by atoms with Gasteiger partial charge < -0.3 is 14.4 Å². The summed E-state index contributed by atoms with van der Waals surface area (Å²) >= 11 is 0. The molecule has 4 heteroatoms. The Labute approximate surface area is 127 Å². The number of benzene rings is 1. The van der Waals surface area contributed by atoms with Crippen molar-refractivity contribution in [3.63, 3.8) is 0 Å². The van der Waals surface area contributed by atoms with Gasteiger partial charge in [0.1, 0.15) is 0 Å². The van der Waals surface area contributed by atoms with Crippen LogP contribution in [0.4, 0.5) is 5.69 Å². The summed E-state index contributed by atoms with van der Waals surface area (Å²) in [4.78, 5) is 5.00. The van der Waals surface area contributed by atoms with Crippen molar-refractivity contribution in [1.29, 1.82) is 0 Å². The molecule has 1 aromatic carbocycles. The number of hydrogen-bond donors (Lipinski definition) is 0. The molecule has 0 aromatic heterocycles. The van der Waals surface area contributed by atoms with Crippen LogP contribution in [-0.4, -0.2) is 57.1 Å². The van der Waals surface area contributed by atoms with Gasteiger partial charge in [-0.1, -0.05) is 12.1 Å². The number of aryl methyl sites for hydroxylation is 1. The second kappa shape index (κ2) is 7.25. The molecule has 0 spiro atoms. The van der Waals surface area contributed by atoms with Gasteiger partial charge in [-0.15, -0.1) is 0 Å². The highest BCUT2D eigenvalue weighted by atomic mass is 16.7. The minimum absolute atomic E-state index is 0.0218. The number of rotatable bonds is 4. The van der Waals surface area contributed by atoms with Gasteiger partial charge >= 0.3 is 0 Å². The summed E-state index contributed by atoms with van der Waals surface area (Å²) in [6.45, 7) is 9.40. The molecule has 116 valence electrons. The quantitative estimate of drug-likeness (QED) is 0.849. The lowest BCUT2D eigenvalue weighted by Gasteiger charge is -2.37. The summed E-state index contributed by atoms with van der Waals surface area (Å²) in [5.74, 6) is 0. The molecule has 3 rings (SSSR count). The molecule has 2 saturated heterocycles. The van der Waals surface area contributed by atoms with Crippen LogP contribution in [0.25, 0.3) is 0 Å². The highest BCUT2D eigenvalue weighted by Crippen LogP contribution is 2.18. The van der Waals surface area contributed by atoms with E-state index < -0.39 is 0 Å². The molecule has 0 bridgehead atoms. The molecule has 2 heterocycles. The van der Waals surface area contributed by atoms with E-state index in [0.717, 1.165) is 58.8 Å². The third-order valence-electron chi connectivity index (χ3n) is 4.32. The topological polar surface area (TPSA) is 24.9 Å². The van der Waals surface area contributed by atoms with Crippen LogP contribution in [0.3, 0.4) is 0 Å². The molecule has 0 saturated carbocycles. The molecule has 21 heavy (non-hydrogen) atoms. The molecule has 0 atom stereocenters. The highest BCUT2D eigenvalue weighted by Gasteiger charge is 2.20. The Morgan fingerprint density at radius 1 is 1.10 bits per heavy atom. The first-order chi connectivity index (χ1) is 10.3. The van der Waals surface area contributed by atoms with Crippen molar-refractivity contribution in [1.82, 2.24) is 4.90 Å². The van der Waals surface area contributed by atoms with Crippen LogP contribution in [0.1, 0.15) is 18.4 Å². The summed E-state index contributed by atoms with van der Waals surface area (Å²) in [6.07, 6.45) is 2.05. The smallest absolute Gasteiger partial charge is 0.158 e. The van der Waals surface area contributed by atoms with Gasteiger partial charge in [0, 0.05) is 44.8 Å². The van der Waals surface area contributed by atoms with Gasteiger partial charge in [-0.25, -0.2) is 0 Å². The fourth-order valence-corrected chi connectivity index (χ4v) is 3.05. The zero-order valence-electron chi connectivity index (χ0n) is 13.0. The Morgan fingerprint density at radius 3 is 2.57 bits per heavy atom. The zero-order valence-corrected chi connectivity index (χ0v) is 13.0. The molecule has 0 N–H and O–H groups in total. The lowest BCUT2D eigenvalue weighted by molar-refractivity contribution is -0.182. The van der Waals surface area contributed by atoms with Gasteiger partial charge in [0.15, 0.2) is 6.29 Å². The van der Waals surface area contributed by atoms with Gasteiger partial charge in [0.2, 0.25) is 0 Å². The number of hydrogen-bond acceptors (Lipinski definition) is 4.